The molecule has 2 aromatic carbocycles. The fourth-order valence-electron chi connectivity index (χ4n) is 3.46. The lowest BCUT2D eigenvalue weighted by molar-refractivity contribution is -0.924. The van der Waals surface area contributed by atoms with Gasteiger partial charge in [0.25, 0.3) is 10.7 Å². The quantitative estimate of drug-likeness (QED) is 0.628. The molecule has 3 aromatic rings. The Kier molecular flexibility index (Phi) is 5.92. The smallest absolute Gasteiger partial charge is 0.292 e. The third-order valence-electron chi connectivity index (χ3n) is 5.08. The fraction of sp³-hybridized carbons (Fsp3) is 0.333. The minimum atomic E-state index is -0.542. The molecule has 2 heterocycles. The number of hydrogen-bond acceptors (Lipinski definition) is 5. The van der Waals surface area contributed by atoms with Crippen LogP contribution in [0, 0.1) is 10.7 Å². The van der Waals surface area contributed by atoms with Crippen LogP contribution < -0.4 is 14.5 Å². The van der Waals surface area contributed by atoms with Crippen molar-refractivity contribution in [1.29, 1.82) is 0 Å². The van der Waals surface area contributed by atoms with E-state index in [-0.39, 0.29) is 5.75 Å². The maximum absolute atomic E-state index is 13.8. The molecule has 1 fully saturated rings. The van der Waals surface area contributed by atoms with Crippen molar-refractivity contribution in [3.8, 4) is 5.75 Å². The van der Waals surface area contributed by atoms with E-state index in [0.717, 1.165) is 26.2 Å². The molecule has 8 heteroatoms. The first kappa shape index (κ1) is 19.6. The minimum Gasteiger partial charge on any atom is -0.478 e. The molecule has 1 aliphatic rings. The number of nitrogens with one attached hydrogen (secondary N) is 1. The molecule has 29 heavy (non-hydrogen) atoms. The summed E-state index contributed by atoms with van der Waals surface area (Å²) in [5.74, 6) is 0.0945. The highest BCUT2D eigenvalue weighted by Crippen LogP contribution is 2.23. The van der Waals surface area contributed by atoms with Gasteiger partial charge in [-0.3, -0.25) is 0 Å². The van der Waals surface area contributed by atoms with Crippen LogP contribution in [-0.4, -0.2) is 36.0 Å². The number of para-hydroxylation sites is 2. The van der Waals surface area contributed by atoms with E-state index in [0.29, 0.717) is 17.4 Å². The molecule has 0 radical (unpaired) electrons. The van der Waals surface area contributed by atoms with Crippen LogP contribution in [0.1, 0.15) is 18.9 Å². The second kappa shape index (κ2) is 8.75. The third-order valence-corrected chi connectivity index (χ3v) is 5.37. The van der Waals surface area contributed by atoms with Crippen molar-refractivity contribution in [2.75, 3.05) is 31.1 Å². The molecule has 4 rings (SSSR count). The molecule has 0 bridgehead atoms. The lowest BCUT2D eigenvalue weighted by Gasteiger charge is -2.33. The summed E-state index contributed by atoms with van der Waals surface area (Å²) in [4.78, 5) is 4.08. The zero-order valence-corrected chi connectivity index (χ0v) is 17.1. The van der Waals surface area contributed by atoms with Gasteiger partial charge in [-0.25, -0.2) is 4.39 Å². The summed E-state index contributed by atoms with van der Waals surface area (Å²) < 4.78 is 26.8. The van der Waals surface area contributed by atoms with Crippen LogP contribution in [0.15, 0.2) is 59.0 Å². The molecule has 152 valence electrons. The first-order valence-electron chi connectivity index (χ1n) is 9.73. The first-order chi connectivity index (χ1) is 14.1. The van der Waals surface area contributed by atoms with Gasteiger partial charge in [-0.1, -0.05) is 30.3 Å². The van der Waals surface area contributed by atoms with Crippen molar-refractivity contribution < 1.29 is 18.4 Å². The van der Waals surface area contributed by atoms with E-state index in [1.54, 1.807) is 29.8 Å². The molecule has 0 unspecified atom stereocenters. The van der Waals surface area contributed by atoms with Gasteiger partial charge >= 0.3 is 0 Å². The minimum absolute atomic E-state index is 0.165. The molecule has 1 N–H and O–H groups in total. The summed E-state index contributed by atoms with van der Waals surface area (Å²) >= 11 is 5.33. The van der Waals surface area contributed by atoms with Gasteiger partial charge < -0.3 is 19.0 Å². The van der Waals surface area contributed by atoms with Crippen LogP contribution in [0.25, 0.3) is 0 Å². The lowest BCUT2D eigenvalue weighted by atomic mass is 10.2. The van der Waals surface area contributed by atoms with E-state index in [9.17, 15) is 4.39 Å². The van der Waals surface area contributed by atoms with Crippen LogP contribution in [0.2, 0.25) is 0 Å². The Bertz CT molecular complexity index is 999. The zero-order chi connectivity index (χ0) is 20.2. The molecule has 0 spiro atoms. The molecule has 0 saturated carbocycles. The lowest BCUT2D eigenvalue weighted by Crippen LogP contribution is -3.14. The van der Waals surface area contributed by atoms with Crippen molar-refractivity contribution in [1.82, 2.24) is 9.78 Å². The number of benzene rings is 2. The highest BCUT2D eigenvalue weighted by molar-refractivity contribution is 7.71. The summed E-state index contributed by atoms with van der Waals surface area (Å²) in [6.07, 6.45) is -0.542. The van der Waals surface area contributed by atoms with Crippen LogP contribution in [0.5, 0.6) is 5.75 Å². The summed E-state index contributed by atoms with van der Waals surface area (Å²) in [7, 11) is 0. The average molecular weight is 416 g/mol. The van der Waals surface area contributed by atoms with Gasteiger partial charge in [0, 0.05) is 5.69 Å². The van der Waals surface area contributed by atoms with Gasteiger partial charge in [-0.15, -0.1) is 5.10 Å². The van der Waals surface area contributed by atoms with Crippen LogP contribution >= 0.6 is 12.2 Å². The molecule has 6 nitrogen and oxygen atoms in total. The molecule has 1 saturated heterocycles. The van der Waals surface area contributed by atoms with E-state index in [4.69, 9.17) is 21.4 Å². The largest absolute Gasteiger partial charge is 0.478 e. The van der Waals surface area contributed by atoms with Gasteiger partial charge in [-0.2, -0.15) is 4.68 Å². The maximum Gasteiger partial charge on any atom is 0.292 e. The molecule has 0 amide bonds. The zero-order valence-electron chi connectivity index (χ0n) is 16.3. The van der Waals surface area contributed by atoms with E-state index in [2.05, 4.69) is 34.3 Å². The number of aromatic nitrogens is 2. The number of ether oxygens (including phenoxy) is 1. The number of halogens is 1. The summed E-state index contributed by atoms with van der Waals surface area (Å²) in [5, 5.41) is 4.47. The second-order valence-corrected chi connectivity index (χ2v) is 7.48. The molecular weight excluding hydrogens is 391 g/mol. The van der Waals surface area contributed by atoms with Gasteiger partial charge in [-0.05, 0) is 43.4 Å². The SMILES string of the molecule is C[C@H](Oc1ccccc1F)c1nn(C[NH+]2CCN(c3ccccc3)CC2)c(=S)o1. The fourth-order valence-corrected chi connectivity index (χ4v) is 3.65. The number of hydrogen-bond donors (Lipinski definition) is 1. The first-order valence-corrected chi connectivity index (χ1v) is 10.1. The predicted molar refractivity (Wildman–Crippen MR) is 110 cm³/mol. The Balaban J connectivity index is 1.36. The van der Waals surface area contributed by atoms with E-state index in [1.807, 2.05) is 6.07 Å². The Hall–Kier alpha value is -2.71. The van der Waals surface area contributed by atoms with Crippen LogP contribution in [0.3, 0.4) is 0 Å². The van der Waals surface area contributed by atoms with Gasteiger partial charge in [0.05, 0.1) is 26.2 Å². The summed E-state index contributed by atoms with van der Waals surface area (Å²) in [5.41, 5.74) is 1.26. The predicted octanol–water partition coefficient (Wildman–Crippen LogP) is 2.85. The van der Waals surface area contributed by atoms with Crippen molar-refractivity contribution in [3.05, 3.63) is 71.1 Å². The number of quaternary nitrogens is 1. The highest BCUT2D eigenvalue weighted by atomic mass is 32.1. The molecule has 0 aliphatic carbocycles. The van der Waals surface area contributed by atoms with Crippen LogP contribution in [-0.2, 0) is 6.67 Å². The van der Waals surface area contributed by atoms with E-state index < -0.39 is 11.9 Å². The number of anilines is 1. The second-order valence-electron chi connectivity index (χ2n) is 7.13. The van der Waals surface area contributed by atoms with Crippen LogP contribution in [0.4, 0.5) is 10.1 Å². The number of rotatable bonds is 6. The summed E-state index contributed by atoms with van der Waals surface area (Å²) in [6.45, 7) is 6.33. The highest BCUT2D eigenvalue weighted by Gasteiger charge is 2.23. The van der Waals surface area contributed by atoms with Gasteiger partial charge in [0.2, 0.25) is 0 Å². The summed E-state index contributed by atoms with van der Waals surface area (Å²) in [6, 6.07) is 16.7. The Labute approximate surface area is 174 Å². The van der Waals surface area contributed by atoms with Crippen molar-refractivity contribution >= 4 is 17.9 Å². The van der Waals surface area contributed by atoms with E-state index in [1.165, 1.54) is 16.7 Å². The normalized spacial score (nSPS) is 16.0. The van der Waals surface area contributed by atoms with Crippen molar-refractivity contribution in [2.24, 2.45) is 0 Å². The Morgan fingerprint density at radius 2 is 1.83 bits per heavy atom. The topological polar surface area (TPSA) is 47.9 Å². The molecule has 1 aromatic heterocycles. The monoisotopic (exact) mass is 415 g/mol. The van der Waals surface area contributed by atoms with Gasteiger partial charge in [0.1, 0.15) is 0 Å². The number of piperazine rings is 1. The van der Waals surface area contributed by atoms with Gasteiger partial charge in [0.15, 0.2) is 24.3 Å². The third kappa shape index (κ3) is 4.65. The average Bonchev–Trinajstić information content (AvgIpc) is 3.11. The standard InChI is InChI=1S/C21H23FN4O2S/c1-16(27-19-10-6-5-9-18(19)22)20-23-26(21(29)28-20)15-24-11-13-25(14-12-24)17-7-3-2-4-8-17/h2-10,16H,11-15H2,1H3/p+1/t16-/m0/s1. The molecular formula is C21H24FN4O2S+. The van der Waals surface area contributed by atoms with Crippen molar-refractivity contribution in [3.63, 3.8) is 0 Å². The molecule has 1 atom stereocenters. The Morgan fingerprint density at radius 1 is 1.14 bits per heavy atom. The Morgan fingerprint density at radius 3 is 2.55 bits per heavy atom. The molecule has 1 aliphatic heterocycles. The van der Waals surface area contributed by atoms with Crippen molar-refractivity contribution in [2.45, 2.75) is 19.7 Å². The van der Waals surface area contributed by atoms with E-state index >= 15 is 0 Å². The maximum atomic E-state index is 13.8. The number of nitrogens with zero attached hydrogens (tertiary/aromatic N) is 3.